The molecule has 0 atom stereocenters. The van der Waals surface area contributed by atoms with Crippen molar-refractivity contribution in [2.24, 2.45) is 0 Å². The number of rotatable bonds is 9. The monoisotopic (exact) mass is 421 g/mol. The first-order chi connectivity index (χ1) is 14.6. The molecule has 6 heteroatoms. The molecule has 0 fully saturated rings. The molecule has 0 N–H and O–H groups in total. The molecule has 154 valence electrons. The van der Waals surface area contributed by atoms with Gasteiger partial charge < -0.3 is 14.1 Å². The number of furan rings is 1. The average molecular weight is 422 g/mol. The number of amides is 1. The molecule has 0 aliphatic heterocycles. The zero-order valence-corrected chi connectivity index (χ0v) is 17.5. The van der Waals surface area contributed by atoms with Crippen LogP contribution in [-0.4, -0.2) is 29.6 Å². The van der Waals surface area contributed by atoms with Gasteiger partial charge in [0.25, 0.3) is 5.91 Å². The number of nitrogens with zero attached hydrogens (tertiary/aromatic N) is 1. The van der Waals surface area contributed by atoms with Crippen LogP contribution in [0, 0.1) is 0 Å². The second-order valence-corrected chi connectivity index (χ2v) is 7.41. The number of esters is 1. The molecule has 3 aromatic rings. The van der Waals surface area contributed by atoms with Gasteiger partial charge in [0.1, 0.15) is 5.76 Å². The van der Waals surface area contributed by atoms with Crippen molar-refractivity contribution in [1.29, 1.82) is 0 Å². The van der Waals surface area contributed by atoms with Gasteiger partial charge in [-0.25, -0.2) is 4.79 Å². The van der Waals surface area contributed by atoms with E-state index < -0.39 is 5.97 Å². The molecule has 1 amide bonds. The molecule has 0 spiro atoms. The van der Waals surface area contributed by atoms with Crippen LogP contribution < -0.4 is 0 Å². The fraction of sp³-hybridized carbons (Fsp3) is 0.167. The summed E-state index contributed by atoms with van der Waals surface area (Å²) in [7, 11) is 0. The van der Waals surface area contributed by atoms with Gasteiger partial charge in [-0.2, -0.15) is 0 Å². The van der Waals surface area contributed by atoms with Crippen LogP contribution in [0.4, 0.5) is 0 Å². The maximum atomic E-state index is 12.7. The fourth-order valence-corrected chi connectivity index (χ4v) is 3.19. The topological polar surface area (TPSA) is 59.8 Å². The molecule has 30 heavy (non-hydrogen) atoms. The standard InChI is InChI=1S/C24H23NO4S/c1-30-22-12-9-19(10-13-22)11-14-24(27)29-18-23(26)25(17-21-8-5-15-28-21)16-20-6-3-2-4-7-20/h2-15H,16-18H2,1H3/b14-11+. The summed E-state index contributed by atoms with van der Waals surface area (Å²) in [6.07, 6.45) is 6.57. The lowest BCUT2D eigenvalue weighted by atomic mass is 10.2. The summed E-state index contributed by atoms with van der Waals surface area (Å²) in [4.78, 5) is 27.5. The molecule has 1 aromatic heterocycles. The Labute approximate surface area is 180 Å². The number of hydrogen-bond acceptors (Lipinski definition) is 5. The van der Waals surface area contributed by atoms with Gasteiger partial charge >= 0.3 is 5.97 Å². The zero-order valence-electron chi connectivity index (χ0n) is 16.7. The summed E-state index contributed by atoms with van der Waals surface area (Å²) in [6, 6.07) is 21.0. The average Bonchev–Trinajstić information content (AvgIpc) is 3.30. The summed E-state index contributed by atoms with van der Waals surface area (Å²) < 4.78 is 10.5. The molecule has 3 rings (SSSR count). The first-order valence-electron chi connectivity index (χ1n) is 9.47. The molecule has 1 heterocycles. The van der Waals surface area contributed by atoms with E-state index in [9.17, 15) is 9.59 Å². The molecule has 0 saturated carbocycles. The SMILES string of the molecule is CSc1ccc(/C=C/C(=O)OCC(=O)N(Cc2ccccc2)Cc2ccco2)cc1. The summed E-state index contributed by atoms with van der Waals surface area (Å²) >= 11 is 1.65. The fourth-order valence-electron chi connectivity index (χ4n) is 2.78. The highest BCUT2D eigenvalue weighted by Gasteiger charge is 2.17. The van der Waals surface area contributed by atoms with E-state index in [0.29, 0.717) is 18.8 Å². The van der Waals surface area contributed by atoms with E-state index in [-0.39, 0.29) is 12.5 Å². The lowest BCUT2D eigenvalue weighted by Gasteiger charge is -2.21. The Hall–Kier alpha value is -3.25. The number of carbonyl (C=O) groups excluding carboxylic acids is 2. The largest absolute Gasteiger partial charge is 0.467 e. The van der Waals surface area contributed by atoms with E-state index in [1.54, 1.807) is 35.1 Å². The number of carbonyl (C=O) groups is 2. The molecular weight excluding hydrogens is 398 g/mol. The third-order valence-electron chi connectivity index (χ3n) is 4.36. The van der Waals surface area contributed by atoms with Crippen LogP contribution in [0.1, 0.15) is 16.9 Å². The summed E-state index contributed by atoms with van der Waals surface area (Å²) in [5.74, 6) is -0.185. The number of benzene rings is 2. The Morgan fingerprint density at radius 1 is 1.00 bits per heavy atom. The van der Waals surface area contributed by atoms with E-state index in [1.807, 2.05) is 66.9 Å². The van der Waals surface area contributed by atoms with Gasteiger partial charge in [-0.3, -0.25) is 4.79 Å². The van der Waals surface area contributed by atoms with E-state index >= 15 is 0 Å². The molecule has 0 radical (unpaired) electrons. The quantitative estimate of drug-likeness (QED) is 0.283. The molecule has 0 aliphatic rings. The highest BCUT2D eigenvalue weighted by molar-refractivity contribution is 7.98. The molecule has 0 saturated heterocycles. The van der Waals surface area contributed by atoms with E-state index in [2.05, 4.69) is 0 Å². The minimum atomic E-state index is -0.560. The summed E-state index contributed by atoms with van der Waals surface area (Å²) in [5.41, 5.74) is 1.87. The number of hydrogen-bond donors (Lipinski definition) is 0. The van der Waals surface area contributed by atoms with Crippen molar-refractivity contribution in [1.82, 2.24) is 4.90 Å². The van der Waals surface area contributed by atoms with Crippen LogP contribution in [-0.2, 0) is 27.4 Å². The van der Waals surface area contributed by atoms with E-state index in [1.165, 1.54) is 6.08 Å². The van der Waals surface area contributed by atoms with Crippen molar-refractivity contribution in [3.63, 3.8) is 0 Å². The molecule has 0 unspecified atom stereocenters. The minimum Gasteiger partial charge on any atom is -0.467 e. The van der Waals surface area contributed by atoms with Crippen molar-refractivity contribution in [3.05, 3.63) is 96.0 Å². The lowest BCUT2D eigenvalue weighted by molar-refractivity contribution is -0.148. The number of ether oxygens (including phenoxy) is 1. The third-order valence-corrected chi connectivity index (χ3v) is 5.10. The lowest BCUT2D eigenvalue weighted by Crippen LogP contribution is -2.33. The summed E-state index contributed by atoms with van der Waals surface area (Å²) in [5, 5.41) is 0. The minimum absolute atomic E-state index is 0.290. The van der Waals surface area contributed by atoms with Crippen LogP contribution in [0.15, 0.2) is 88.4 Å². The second-order valence-electron chi connectivity index (χ2n) is 6.53. The van der Waals surface area contributed by atoms with Crippen molar-refractivity contribution >= 4 is 29.7 Å². The van der Waals surface area contributed by atoms with Gasteiger partial charge in [0, 0.05) is 17.5 Å². The predicted octanol–water partition coefficient (Wildman–Crippen LogP) is 4.79. The van der Waals surface area contributed by atoms with Crippen LogP contribution in [0.25, 0.3) is 6.08 Å². The normalized spacial score (nSPS) is 10.8. The highest BCUT2D eigenvalue weighted by atomic mass is 32.2. The zero-order chi connectivity index (χ0) is 21.2. The molecule has 2 aromatic carbocycles. The van der Waals surface area contributed by atoms with Gasteiger partial charge in [0.05, 0.1) is 12.8 Å². The molecule has 0 bridgehead atoms. The number of thioether (sulfide) groups is 1. The Bertz CT molecular complexity index is 966. The smallest absolute Gasteiger partial charge is 0.331 e. The van der Waals surface area contributed by atoms with Crippen LogP contribution >= 0.6 is 11.8 Å². The van der Waals surface area contributed by atoms with Gasteiger partial charge in [-0.05, 0) is 47.7 Å². The molecule has 5 nitrogen and oxygen atoms in total. The van der Waals surface area contributed by atoms with Crippen LogP contribution in [0.3, 0.4) is 0 Å². The van der Waals surface area contributed by atoms with Gasteiger partial charge in [0.15, 0.2) is 6.61 Å². The maximum Gasteiger partial charge on any atom is 0.331 e. The van der Waals surface area contributed by atoms with Gasteiger partial charge in [-0.1, -0.05) is 42.5 Å². The van der Waals surface area contributed by atoms with Gasteiger partial charge in [-0.15, -0.1) is 11.8 Å². The van der Waals surface area contributed by atoms with Crippen molar-refractivity contribution in [2.75, 3.05) is 12.9 Å². The van der Waals surface area contributed by atoms with E-state index in [0.717, 1.165) is 16.0 Å². The van der Waals surface area contributed by atoms with Crippen molar-refractivity contribution in [3.8, 4) is 0 Å². The Balaban J connectivity index is 1.57. The molecular formula is C24H23NO4S. The second kappa shape index (κ2) is 11.1. The predicted molar refractivity (Wildman–Crippen MR) is 118 cm³/mol. The van der Waals surface area contributed by atoms with E-state index in [4.69, 9.17) is 9.15 Å². The summed E-state index contributed by atoms with van der Waals surface area (Å²) in [6.45, 7) is 0.369. The van der Waals surface area contributed by atoms with Crippen molar-refractivity contribution in [2.45, 2.75) is 18.0 Å². The first kappa shape index (κ1) is 21.5. The Morgan fingerprint density at radius 2 is 1.77 bits per heavy atom. The molecule has 0 aliphatic carbocycles. The van der Waals surface area contributed by atoms with Gasteiger partial charge in [0.2, 0.25) is 0 Å². The van der Waals surface area contributed by atoms with Crippen molar-refractivity contribution < 1.29 is 18.7 Å². The highest BCUT2D eigenvalue weighted by Crippen LogP contribution is 2.15. The third kappa shape index (κ3) is 6.67. The Kier molecular flexibility index (Phi) is 7.92. The maximum absolute atomic E-state index is 12.7. The van der Waals surface area contributed by atoms with Crippen LogP contribution in [0.2, 0.25) is 0 Å². The first-order valence-corrected chi connectivity index (χ1v) is 10.7. The van der Waals surface area contributed by atoms with Crippen LogP contribution in [0.5, 0.6) is 0 Å². The Morgan fingerprint density at radius 3 is 2.43 bits per heavy atom.